The molecule has 0 amide bonds. The monoisotopic (exact) mass is 288 g/mol. The molecule has 0 bridgehead atoms. The van der Waals surface area contributed by atoms with E-state index in [1.54, 1.807) is 11.7 Å². The summed E-state index contributed by atoms with van der Waals surface area (Å²) in [5.74, 6) is 0.539. The van der Waals surface area contributed by atoms with Crippen molar-refractivity contribution in [1.82, 2.24) is 9.78 Å². The zero-order chi connectivity index (χ0) is 15.6. The first-order valence-electron chi connectivity index (χ1n) is 6.91. The SMILES string of the molecule is CCc1nn(C)c(N(C)Cc2ccc(C)cc2)c1[N+](=O)[O-]. The van der Waals surface area contributed by atoms with Crippen LogP contribution in [0.3, 0.4) is 0 Å². The fraction of sp³-hybridized carbons (Fsp3) is 0.400. The first kappa shape index (κ1) is 15.0. The normalized spacial score (nSPS) is 10.7. The van der Waals surface area contributed by atoms with Gasteiger partial charge in [0, 0.05) is 20.6 Å². The molecule has 1 aromatic heterocycles. The molecule has 112 valence electrons. The van der Waals surface area contributed by atoms with Crippen LogP contribution >= 0.6 is 0 Å². The van der Waals surface area contributed by atoms with E-state index in [2.05, 4.69) is 5.10 Å². The van der Waals surface area contributed by atoms with Crippen molar-refractivity contribution in [3.63, 3.8) is 0 Å². The summed E-state index contributed by atoms with van der Waals surface area (Å²) in [5.41, 5.74) is 2.93. The summed E-state index contributed by atoms with van der Waals surface area (Å²) in [6, 6.07) is 8.15. The highest BCUT2D eigenvalue weighted by Gasteiger charge is 2.28. The van der Waals surface area contributed by atoms with E-state index in [4.69, 9.17) is 0 Å². The molecule has 0 spiro atoms. The fourth-order valence-electron chi connectivity index (χ4n) is 2.45. The summed E-state index contributed by atoms with van der Waals surface area (Å²) in [7, 11) is 3.59. The molecule has 21 heavy (non-hydrogen) atoms. The smallest absolute Gasteiger partial charge is 0.334 e. The number of benzene rings is 1. The van der Waals surface area contributed by atoms with Gasteiger partial charge >= 0.3 is 5.69 Å². The molecule has 0 radical (unpaired) electrons. The van der Waals surface area contributed by atoms with E-state index in [9.17, 15) is 10.1 Å². The summed E-state index contributed by atoms with van der Waals surface area (Å²) in [6.07, 6.45) is 0.544. The Morgan fingerprint density at radius 3 is 2.48 bits per heavy atom. The van der Waals surface area contributed by atoms with Crippen LogP contribution < -0.4 is 4.90 Å². The zero-order valence-electron chi connectivity index (χ0n) is 12.8. The second kappa shape index (κ2) is 5.95. The van der Waals surface area contributed by atoms with Gasteiger partial charge in [0.2, 0.25) is 5.82 Å². The fourth-order valence-corrected chi connectivity index (χ4v) is 2.45. The largest absolute Gasteiger partial charge is 0.350 e. The van der Waals surface area contributed by atoms with Gasteiger partial charge in [-0.05, 0) is 18.9 Å². The van der Waals surface area contributed by atoms with E-state index in [1.165, 1.54) is 5.56 Å². The summed E-state index contributed by atoms with van der Waals surface area (Å²) >= 11 is 0. The van der Waals surface area contributed by atoms with Crippen molar-refractivity contribution in [1.29, 1.82) is 0 Å². The van der Waals surface area contributed by atoms with Crippen molar-refractivity contribution in [2.24, 2.45) is 7.05 Å². The van der Waals surface area contributed by atoms with Gasteiger partial charge < -0.3 is 4.90 Å². The lowest BCUT2D eigenvalue weighted by molar-refractivity contribution is -0.384. The average Bonchev–Trinajstić information content (AvgIpc) is 2.78. The van der Waals surface area contributed by atoms with Gasteiger partial charge in [0.25, 0.3) is 0 Å². The molecule has 0 aliphatic carbocycles. The maximum atomic E-state index is 11.3. The zero-order valence-corrected chi connectivity index (χ0v) is 12.8. The lowest BCUT2D eigenvalue weighted by Crippen LogP contribution is -2.20. The van der Waals surface area contributed by atoms with Gasteiger partial charge in [-0.15, -0.1) is 0 Å². The van der Waals surface area contributed by atoms with E-state index >= 15 is 0 Å². The van der Waals surface area contributed by atoms with Crippen LogP contribution in [0.5, 0.6) is 0 Å². The molecule has 0 atom stereocenters. The highest BCUT2D eigenvalue weighted by atomic mass is 16.6. The lowest BCUT2D eigenvalue weighted by atomic mass is 10.1. The number of hydrogen-bond donors (Lipinski definition) is 0. The average molecular weight is 288 g/mol. The highest BCUT2D eigenvalue weighted by Crippen LogP contribution is 2.31. The lowest BCUT2D eigenvalue weighted by Gasteiger charge is -2.18. The molecule has 0 saturated heterocycles. The Morgan fingerprint density at radius 2 is 1.95 bits per heavy atom. The summed E-state index contributed by atoms with van der Waals surface area (Å²) < 4.78 is 1.59. The molecule has 1 aromatic carbocycles. The Morgan fingerprint density at radius 1 is 1.33 bits per heavy atom. The van der Waals surface area contributed by atoms with Gasteiger partial charge in [-0.1, -0.05) is 36.8 Å². The van der Waals surface area contributed by atoms with Gasteiger partial charge in [-0.2, -0.15) is 5.10 Å². The minimum absolute atomic E-state index is 0.106. The second-order valence-corrected chi connectivity index (χ2v) is 5.19. The molecule has 2 aromatic rings. The summed E-state index contributed by atoms with van der Waals surface area (Å²) in [4.78, 5) is 12.9. The van der Waals surface area contributed by atoms with Gasteiger partial charge in [-0.25, -0.2) is 4.68 Å². The topological polar surface area (TPSA) is 64.2 Å². The maximum Gasteiger partial charge on any atom is 0.334 e. The van der Waals surface area contributed by atoms with Crippen molar-refractivity contribution < 1.29 is 4.92 Å². The Balaban J connectivity index is 2.34. The number of hydrogen-bond acceptors (Lipinski definition) is 4. The third kappa shape index (κ3) is 3.04. The standard InChI is InChI=1S/C15H20N4O2/c1-5-13-14(19(20)21)15(18(4)16-13)17(3)10-12-8-6-11(2)7-9-12/h6-9H,5,10H2,1-4H3. The summed E-state index contributed by atoms with van der Waals surface area (Å²) in [5, 5.41) is 15.6. The predicted molar refractivity (Wildman–Crippen MR) is 82.5 cm³/mol. The Kier molecular flexibility index (Phi) is 4.26. The molecule has 0 saturated carbocycles. The quantitative estimate of drug-likeness (QED) is 0.627. The number of aromatic nitrogens is 2. The third-order valence-corrected chi connectivity index (χ3v) is 3.48. The van der Waals surface area contributed by atoms with E-state index in [0.717, 1.165) is 5.56 Å². The molecule has 0 N–H and O–H groups in total. The molecule has 1 heterocycles. The van der Waals surface area contributed by atoms with Gasteiger partial charge in [0.05, 0.1) is 4.92 Å². The predicted octanol–water partition coefficient (Wildman–Crippen LogP) is 2.84. The van der Waals surface area contributed by atoms with Crippen LogP contribution in [0.2, 0.25) is 0 Å². The van der Waals surface area contributed by atoms with E-state index in [0.29, 0.717) is 24.5 Å². The first-order valence-corrected chi connectivity index (χ1v) is 6.91. The van der Waals surface area contributed by atoms with E-state index < -0.39 is 0 Å². The number of nitrogens with zero attached hydrogens (tertiary/aromatic N) is 4. The molecule has 0 aliphatic heterocycles. The number of aryl methyl sites for hydroxylation is 3. The molecule has 0 unspecified atom stereocenters. The van der Waals surface area contributed by atoms with E-state index in [1.807, 2.05) is 50.1 Å². The van der Waals surface area contributed by atoms with Crippen LogP contribution in [-0.4, -0.2) is 21.8 Å². The molecule has 0 fully saturated rings. The van der Waals surface area contributed by atoms with Crippen molar-refractivity contribution in [3.8, 4) is 0 Å². The Hall–Kier alpha value is -2.37. The maximum absolute atomic E-state index is 11.3. The number of anilines is 1. The van der Waals surface area contributed by atoms with Crippen LogP contribution in [0.4, 0.5) is 11.5 Å². The van der Waals surface area contributed by atoms with Crippen molar-refractivity contribution in [3.05, 3.63) is 51.2 Å². The van der Waals surface area contributed by atoms with Crippen LogP contribution in [-0.2, 0) is 20.0 Å². The molecule has 6 heteroatoms. The number of rotatable bonds is 5. The molecule has 0 aliphatic rings. The Labute approximate surface area is 124 Å². The van der Waals surface area contributed by atoms with Crippen LogP contribution in [0.25, 0.3) is 0 Å². The molecule has 6 nitrogen and oxygen atoms in total. The Bertz CT molecular complexity index is 646. The highest BCUT2D eigenvalue weighted by molar-refractivity contribution is 5.61. The molecule has 2 rings (SSSR count). The third-order valence-electron chi connectivity index (χ3n) is 3.48. The van der Waals surface area contributed by atoms with E-state index in [-0.39, 0.29) is 10.6 Å². The minimum Gasteiger partial charge on any atom is -0.350 e. The van der Waals surface area contributed by atoms with Crippen LogP contribution in [0.1, 0.15) is 23.7 Å². The molecular weight excluding hydrogens is 268 g/mol. The van der Waals surface area contributed by atoms with Gasteiger partial charge in [0.15, 0.2) is 0 Å². The van der Waals surface area contributed by atoms with Gasteiger partial charge in [0.1, 0.15) is 5.69 Å². The van der Waals surface area contributed by atoms with Crippen LogP contribution in [0, 0.1) is 17.0 Å². The molecular formula is C15H20N4O2. The van der Waals surface area contributed by atoms with Crippen molar-refractivity contribution in [2.45, 2.75) is 26.8 Å². The van der Waals surface area contributed by atoms with Gasteiger partial charge in [-0.3, -0.25) is 10.1 Å². The summed E-state index contributed by atoms with van der Waals surface area (Å²) in [6.45, 7) is 4.51. The minimum atomic E-state index is -0.340. The second-order valence-electron chi connectivity index (χ2n) is 5.19. The van der Waals surface area contributed by atoms with Crippen LogP contribution in [0.15, 0.2) is 24.3 Å². The van der Waals surface area contributed by atoms with Crippen molar-refractivity contribution >= 4 is 11.5 Å². The number of nitro groups is 1. The first-order chi connectivity index (χ1) is 9.93. The van der Waals surface area contributed by atoms with Crippen molar-refractivity contribution in [2.75, 3.05) is 11.9 Å².